The van der Waals surface area contributed by atoms with Gasteiger partial charge in [0, 0.05) is 19.2 Å². The van der Waals surface area contributed by atoms with Crippen LogP contribution in [0.25, 0.3) is 12.2 Å². The quantitative estimate of drug-likeness (QED) is 0.260. The lowest BCUT2D eigenvalue weighted by molar-refractivity contribution is -0.130. The maximum atomic E-state index is 12.6. The Balaban J connectivity index is 1.73. The van der Waals surface area contributed by atoms with Gasteiger partial charge in [0.15, 0.2) is 11.5 Å². The highest BCUT2D eigenvalue weighted by Crippen LogP contribution is 2.29. The lowest BCUT2D eigenvalue weighted by atomic mass is 10.1. The molecule has 170 valence electrons. The van der Waals surface area contributed by atoms with Crippen molar-refractivity contribution in [1.29, 1.82) is 5.26 Å². The van der Waals surface area contributed by atoms with Crippen LogP contribution >= 0.6 is 23.2 Å². The number of hydrogen-bond acceptors (Lipinski definition) is 6. The summed E-state index contributed by atoms with van der Waals surface area (Å²) in [5.41, 5.74) is 1.23. The van der Waals surface area contributed by atoms with E-state index in [1.807, 2.05) is 6.07 Å². The maximum Gasteiger partial charge on any atom is 0.336 e. The average molecular weight is 487 g/mol. The van der Waals surface area contributed by atoms with Crippen molar-refractivity contribution in [2.75, 3.05) is 33.4 Å². The Bertz CT molecular complexity index is 1150. The summed E-state index contributed by atoms with van der Waals surface area (Å²) in [5.74, 6) is -0.516. The van der Waals surface area contributed by atoms with Crippen LogP contribution in [0.1, 0.15) is 11.1 Å². The van der Waals surface area contributed by atoms with E-state index in [1.54, 1.807) is 41.3 Å². The molecule has 0 N–H and O–H groups in total. The predicted molar refractivity (Wildman–Crippen MR) is 125 cm³/mol. The number of amides is 1. The monoisotopic (exact) mass is 486 g/mol. The molecule has 9 heteroatoms. The van der Waals surface area contributed by atoms with Crippen LogP contribution in [0.5, 0.6) is 11.5 Å². The fraction of sp³-hybridized carbons (Fsp3) is 0.208. The molecule has 0 unspecified atom stereocenters. The Morgan fingerprint density at radius 3 is 2.45 bits per heavy atom. The molecule has 1 aliphatic heterocycles. The van der Waals surface area contributed by atoms with Crippen molar-refractivity contribution < 1.29 is 23.8 Å². The van der Waals surface area contributed by atoms with Gasteiger partial charge >= 0.3 is 5.97 Å². The summed E-state index contributed by atoms with van der Waals surface area (Å²) >= 11 is 11.9. The molecule has 0 saturated carbocycles. The Hall–Kier alpha value is -3.31. The summed E-state index contributed by atoms with van der Waals surface area (Å²) in [6.07, 6.45) is 4.27. The summed E-state index contributed by atoms with van der Waals surface area (Å²) in [4.78, 5) is 26.4. The first-order valence-electron chi connectivity index (χ1n) is 9.93. The number of nitriles is 1. The zero-order valence-electron chi connectivity index (χ0n) is 17.7. The summed E-state index contributed by atoms with van der Waals surface area (Å²) in [5, 5.41) is 10.2. The standard InChI is InChI=1S/C24H20Cl2N2O5/c1-31-22-14-17(12-18(15-27)24(30)28-8-10-32-11-9-28)3-6-21(22)33-23(29)7-4-16-2-5-19(25)20(26)13-16/h2-7,12-14H,8-11H2,1H3/b7-4+,18-12+. The molecule has 1 aliphatic rings. The molecule has 0 bridgehead atoms. The number of carbonyl (C=O) groups excluding carboxylic acids is 2. The number of nitrogens with zero attached hydrogens (tertiary/aromatic N) is 2. The smallest absolute Gasteiger partial charge is 0.336 e. The van der Waals surface area contributed by atoms with Crippen LogP contribution < -0.4 is 9.47 Å². The van der Waals surface area contributed by atoms with Gasteiger partial charge in [-0.05, 0) is 47.5 Å². The van der Waals surface area contributed by atoms with Crippen LogP contribution in [-0.2, 0) is 14.3 Å². The first-order chi connectivity index (χ1) is 15.9. The molecule has 0 aliphatic carbocycles. The highest BCUT2D eigenvalue weighted by atomic mass is 35.5. The number of morpholine rings is 1. The van der Waals surface area contributed by atoms with Gasteiger partial charge in [-0.3, -0.25) is 4.79 Å². The summed E-state index contributed by atoms with van der Waals surface area (Å²) in [7, 11) is 1.43. The van der Waals surface area contributed by atoms with Crippen LogP contribution in [0.4, 0.5) is 0 Å². The van der Waals surface area contributed by atoms with Crippen molar-refractivity contribution in [3.63, 3.8) is 0 Å². The molecule has 0 spiro atoms. The molecule has 0 aromatic heterocycles. The van der Waals surface area contributed by atoms with E-state index < -0.39 is 5.97 Å². The van der Waals surface area contributed by atoms with E-state index in [2.05, 4.69) is 0 Å². The van der Waals surface area contributed by atoms with Crippen LogP contribution in [0.3, 0.4) is 0 Å². The van der Waals surface area contributed by atoms with Gasteiger partial charge in [0.1, 0.15) is 11.6 Å². The molecule has 0 radical (unpaired) electrons. The van der Waals surface area contributed by atoms with Gasteiger partial charge in [-0.2, -0.15) is 5.26 Å². The second-order valence-electron chi connectivity index (χ2n) is 6.91. The van der Waals surface area contributed by atoms with Gasteiger partial charge < -0.3 is 19.1 Å². The highest BCUT2D eigenvalue weighted by Gasteiger charge is 2.20. The van der Waals surface area contributed by atoms with Gasteiger partial charge in [0.2, 0.25) is 0 Å². The summed E-state index contributed by atoms with van der Waals surface area (Å²) < 4.78 is 15.9. The van der Waals surface area contributed by atoms with E-state index >= 15 is 0 Å². The fourth-order valence-corrected chi connectivity index (χ4v) is 3.33. The zero-order chi connectivity index (χ0) is 23.8. The van der Waals surface area contributed by atoms with E-state index in [-0.39, 0.29) is 23.0 Å². The molecule has 3 rings (SSSR count). The largest absolute Gasteiger partial charge is 0.493 e. The average Bonchev–Trinajstić information content (AvgIpc) is 2.84. The van der Waals surface area contributed by atoms with E-state index in [1.165, 1.54) is 25.3 Å². The van der Waals surface area contributed by atoms with Crippen LogP contribution in [0.15, 0.2) is 48.0 Å². The van der Waals surface area contributed by atoms with Crippen molar-refractivity contribution in [3.05, 3.63) is 69.2 Å². The second-order valence-corrected chi connectivity index (χ2v) is 7.73. The minimum absolute atomic E-state index is 0.00624. The van der Waals surface area contributed by atoms with Crippen molar-refractivity contribution in [3.8, 4) is 17.6 Å². The van der Waals surface area contributed by atoms with Crippen molar-refractivity contribution in [2.45, 2.75) is 0 Å². The van der Waals surface area contributed by atoms with Gasteiger partial charge in [-0.25, -0.2) is 4.79 Å². The van der Waals surface area contributed by atoms with E-state index in [0.29, 0.717) is 47.5 Å². The lowest BCUT2D eigenvalue weighted by Crippen LogP contribution is -2.41. The van der Waals surface area contributed by atoms with E-state index in [9.17, 15) is 14.9 Å². The molecular weight excluding hydrogens is 467 g/mol. The third kappa shape index (κ3) is 6.59. The molecule has 1 fully saturated rings. The molecule has 1 amide bonds. The number of carbonyl (C=O) groups is 2. The number of ether oxygens (including phenoxy) is 3. The molecule has 0 atom stereocenters. The normalized spacial score (nSPS) is 14.1. The van der Waals surface area contributed by atoms with Gasteiger partial charge in [-0.1, -0.05) is 35.3 Å². The molecule has 2 aromatic rings. The molecular formula is C24H20Cl2N2O5. The van der Waals surface area contributed by atoms with Crippen molar-refractivity contribution in [1.82, 2.24) is 4.90 Å². The van der Waals surface area contributed by atoms with Gasteiger partial charge in [-0.15, -0.1) is 0 Å². The molecule has 33 heavy (non-hydrogen) atoms. The number of rotatable bonds is 6. The highest BCUT2D eigenvalue weighted by molar-refractivity contribution is 6.42. The van der Waals surface area contributed by atoms with Gasteiger partial charge in [0.05, 0.1) is 30.4 Å². The molecule has 2 aromatic carbocycles. The Morgan fingerprint density at radius 1 is 1.06 bits per heavy atom. The van der Waals surface area contributed by atoms with E-state index in [0.717, 1.165) is 0 Å². The van der Waals surface area contributed by atoms with Crippen LogP contribution in [0.2, 0.25) is 10.0 Å². The minimum atomic E-state index is -0.622. The molecule has 1 saturated heterocycles. The first-order valence-corrected chi connectivity index (χ1v) is 10.7. The Kier molecular flexibility index (Phi) is 8.50. The first kappa shape index (κ1) is 24.3. The SMILES string of the molecule is COc1cc(/C=C(\C#N)C(=O)N2CCOCC2)ccc1OC(=O)/C=C/c1ccc(Cl)c(Cl)c1. The number of benzene rings is 2. The fourth-order valence-electron chi connectivity index (χ4n) is 3.03. The summed E-state index contributed by atoms with van der Waals surface area (Å²) in [6, 6.07) is 11.6. The minimum Gasteiger partial charge on any atom is -0.493 e. The summed E-state index contributed by atoms with van der Waals surface area (Å²) in [6.45, 7) is 1.76. The van der Waals surface area contributed by atoms with Crippen LogP contribution in [-0.4, -0.2) is 50.2 Å². The van der Waals surface area contributed by atoms with E-state index in [4.69, 9.17) is 37.4 Å². The molecule has 7 nitrogen and oxygen atoms in total. The topological polar surface area (TPSA) is 88.9 Å². The number of esters is 1. The zero-order valence-corrected chi connectivity index (χ0v) is 19.2. The predicted octanol–water partition coefficient (Wildman–Crippen LogP) is 4.39. The van der Waals surface area contributed by atoms with Crippen molar-refractivity contribution >= 4 is 47.2 Å². The lowest BCUT2D eigenvalue weighted by Gasteiger charge is -2.26. The van der Waals surface area contributed by atoms with Crippen molar-refractivity contribution in [2.24, 2.45) is 0 Å². The van der Waals surface area contributed by atoms with Gasteiger partial charge in [0.25, 0.3) is 5.91 Å². The Morgan fingerprint density at radius 2 is 1.79 bits per heavy atom. The maximum absolute atomic E-state index is 12.6. The Labute approximate surface area is 201 Å². The third-order valence-corrected chi connectivity index (χ3v) is 5.45. The number of hydrogen-bond donors (Lipinski definition) is 0. The van der Waals surface area contributed by atoms with Crippen LogP contribution in [0, 0.1) is 11.3 Å². The number of methoxy groups -OCH3 is 1. The molecule has 1 heterocycles. The number of halogens is 2. The third-order valence-electron chi connectivity index (χ3n) is 4.71. The second kappa shape index (κ2) is 11.5.